The van der Waals surface area contributed by atoms with E-state index in [0.717, 1.165) is 5.56 Å². The van der Waals surface area contributed by atoms with E-state index in [1.165, 1.54) is 5.56 Å². The van der Waals surface area contributed by atoms with Crippen molar-refractivity contribution in [1.82, 2.24) is 0 Å². The predicted octanol–water partition coefficient (Wildman–Crippen LogP) is 3.26. The SMILES string of the molecule is CC(C)(C)c1cccc([C@H](O)CCl)c1. The fourth-order valence-corrected chi connectivity index (χ4v) is 1.48. The minimum absolute atomic E-state index is 0.113. The van der Waals surface area contributed by atoms with Crippen LogP contribution in [0.1, 0.15) is 38.0 Å². The molecule has 0 saturated heterocycles. The molecule has 78 valence electrons. The zero-order chi connectivity index (χ0) is 10.8. The number of benzene rings is 1. The van der Waals surface area contributed by atoms with Crippen LogP contribution in [-0.2, 0) is 5.41 Å². The average molecular weight is 213 g/mol. The zero-order valence-electron chi connectivity index (χ0n) is 8.92. The molecule has 0 saturated carbocycles. The molecule has 0 aliphatic rings. The summed E-state index contributed by atoms with van der Waals surface area (Å²) in [5, 5.41) is 9.59. The lowest BCUT2D eigenvalue weighted by molar-refractivity contribution is 0.202. The molecule has 1 N–H and O–H groups in total. The van der Waals surface area contributed by atoms with Crippen LogP contribution in [0, 0.1) is 0 Å². The van der Waals surface area contributed by atoms with Crippen LogP contribution in [0.15, 0.2) is 24.3 Å². The van der Waals surface area contributed by atoms with E-state index in [1.807, 2.05) is 18.2 Å². The third kappa shape index (κ3) is 2.73. The lowest BCUT2D eigenvalue weighted by atomic mass is 9.86. The summed E-state index contributed by atoms with van der Waals surface area (Å²) in [6, 6.07) is 7.96. The van der Waals surface area contributed by atoms with Crippen LogP contribution in [0.4, 0.5) is 0 Å². The number of hydrogen-bond acceptors (Lipinski definition) is 1. The van der Waals surface area contributed by atoms with E-state index in [-0.39, 0.29) is 11.3 Å². The normalized spacial score (nSPS) is 14.1. The van der Waals surface area contributed by atoms with Crippen LogP contribution in [0.5, 0.6) is 0 Å². The zero-order valence-corrected chi connectivity index (χ0v) is 9.67. The van der Waals surface area contributed by atoms with Gasteiger partial charge < -0.3 is 5.11 Å². The van der Waals surface area contributed by atoms with Crippen LogP contribution in [0.3, 0.4) is 0 Å². The molecule has 1 nitrogen and oxygen atoms in total. The summed E-state index contributed by atoms with van der Waals surface area (Å²) in [4.78, 5) is 0. The van der Waals surface area contributed by atoms with Gasteiger partial charge in [-0.15, -0.1) is 11.6 Å². The Bertz CT molecular complexity index is 301. The van der Waals surface area contributed by atoms with Gasteiger partial charge >= 0.3 is 0 Å². The van der Waals surface area contributed by atoms with Gasteiger partial charge in [0.15, 0.2) is 0 Å². The summed E-state index contributed by atoms with van der Waals surface area (Å²) in [6.07, 6.45) is -0.557. The Morgan fingerprint density at radius 3 is 2.50 bits per heavy atom. The first-order chi connectivity index (χ1) is 6.45. The number of rotatable bonds is 2. The molecular weight excluding hydrogens is 196 g/mol. The molecule has 1 rings (SSSR count). The van der Waals surface area contributed by atoms with Gasteiger partial charge in [-0.25, -0.2) is 0 Å². The van der Waals surface area contributed by atoms with Crippen molar-refractivity contribution in [1.29, 1.82) is 0 Å². The van der Waals surface area contributed by atoms with Crippen molar-refractivity contribution in [3.8, 4) is 0 Å². The lowest BCUT2D eigenvalue weighted by Crippen LogP contribution is -2.12. The maximum Gasteiger partial charge on any atom is 0.0925 e. The van der Waals surface area contributed by atoms with Crippen molar-refractivity contribution in [3.63, 3.8) is 0 Å². The van der Waals surface area contributed by atoms with Gasteiger partial charge in [0.1, 0.15) is 0 Å². The molecule has 0 amide bonds. The minimum atomic E-state index is -0.557. The fraction of sp³-hybridized carbons (Fsp3) is 0.500. The molecule has 1 aromatic carbocycles. The van der Waals surface area contributed by atoms with Gasteiger partial charge in [-0.1, -0.05) is 45.0 Å². The lowest BCUT2D eigenvalue weighted by Gasteiger charge is -2.20. The average Bonchev–Trinajstić information content (AvgIpc) is 2.15. The molecule has 0 fully saturated rings. The molecule has 0 bridgehead atoms. The first kappa shape index (κ1) is 11.5. The molecule has 2 heteroatoms. The first-order valence-electron chi connectivity index (χ1n) is 4.79. The van der Waals surface area contributed by atoms with E-state index in [1.54, 1.807) is 0 Å². The Balaban J connectivity index is 3.01. The molecule has 0 heterocycles. The molecule has 0 aliphatic heterocycles. The predicted molar refractivity (Wildman–Crippen MR) is 60.8 cm³/mol. The summed E-state index contributed by atoms with van der Waals surface area (Å²) in [7, 11) is 0. The number of hydrogen-bond donors (Lipinski definition) is 1. The summed E-state index contributed by atoms with van der Waals surface area (Å²) in [5.74, 6) is 0.244. The smallest absolute Gasteiger partial charge is 0.0925 e. The van der Waals surface area contributed by atoms with E-state index in [2.05, 4.69) is 26.8 Å². The van der Waals surface area contributed by atoms with E-state index >= 15 is 0 Å². The number of aliphatic hydroxyl groups is 1. The highest BCUT2D eigenvalue weighted by Crippen LogP contribution is 2.25. The van der Waals surface area contributed by atoms with Crippen molar-refractivity contribution < 1.29 is 5.11 Å². The Kier molecular flexibility index (Phi) is 3.57. The standard InChI is InChI=1S/C12H17ClO/c1-12(2,3)10-6-4-5-9(7-10)11(14)8-13/h4-7,11,14H,8H2,1-3H3/t11-/m1/s1. The van der Waals surface area contributed by atoms with Gasteiger partial charge in [0.25, 0.3) is 0 Å². The highest BCUT2D eigenvalue weighted by atomic mass is 35.5. The highest BCUT2D eigenvalue weighted by Gasteiger charge is 2.15. The third-order valence-corrected chi connectivity index (χ3v) is 2.58. The van der Waals surface area contributed by atoms with Gasteiger partial charge in [0, 0.05) is 0 Å². The van der Waals surface area contributed by atoms with Crippen LogP contribution in [0.25, 0.3) is 0 Å². The van der Waals surface area contributed by atoms with Gasteiger partial charge in [-0.2, -0.15) is 0 Å². The Hall–Kier alpha value is -0.530. The molecule has 14 heavy (non-hydrogen) atoms. The first-order valence-corrected chi connectivity index (χ1v) is 5.33. The van der Waals surface area contributed by atoms with E-state index in [9.17, 15) is 5.11 Å². The second kappa shape index (κ2) is 4.33. The molecule has 1 atom stereocenters. The van der Waals surface area contributed by atoms with Crippen molar-refractivity contribution in [2.24, 2.45) is 0 Å². The molecule has 0 aliphatic carbocycles. The van der Waals surface area contributed by atoms with Crippen molar-refractivity contribution in [3.05, 3.63) is 35.4 Å². The number of halogens is 1. The van der Waals surface area contributed by atoms with E-state index < -0.39 is 6.10 Å². The van der Waals surface area contributed by atoms with Gasteiger partial charge in [-0.3, -0.25) is 0 Å². The summed E-state index contributed by atoms with van der Waals surface area (Å²) >= 11 is 5.60. The van der Waals surface area contributed by atoms with Gasteiger partial charge in [0.2, 0.25) is 0 Å². The van der Waals surface area contributed by atoms with E-state index in [4.69, 9.17) is 11.6 Å². The summed E-state index contributed by atoms with van der Waals surface area (Å²) in [5.41, 5.74) is 2.23. The van der Waals surface area contributed by atoms with Crippen LogP contribution in [-0.4, -0.2) is 11.0 Å². The summed E-state index contributed by atoms with van der Waals surface area (Å²) < 4.78 is 0. The molecule has 0 aromatic heterocycles. The molecule has 0 radical (unpaired) electrons. The Morgan fingerprint density at radius 1 is 1.36 bits per heavy atom. The molecular formula is C12H17ClO. The minimum Gasteiger partial charge on any atom is -0.387 e. The maximum absolute atomic E-state index is 9.59. The van der Waals surface area contributed by atoms with Crippen molar-refractivity contribution >= 4 is 11.6 Å². The van der Waals surface area contributed by atoms with Crippen LogP contribution < -0.4 is 0 Å². The Labute approximate surface area is 90.7 Å². The molecule has 1 aromatic rings. The Morgan fingerprint density at radius 2 is 2.00 bits per heavy atom. The highest BCUT2D eigenvalue weighted by molar-refractivity contribution is 6.18. The van der Waals surface area contributed by atoms with Gasteiger partial charge in [0.05, 0.1) is 12.0 Å². The quantitative estimate of drug-likeness (QED) is 0.747. The van der Waals surface area contributed by atoms with E-state index in [0.29, 0.717) is 0 Å². The molecule has 0 unspecified atom stereocenters. The van der Waals surface area contributed by atoms with Crippen LogP contribution >= 0.6 is 11.6 Å². The third-order valence-electron chi connectivity index (χ3n) is 2.28. The molecule has 0 spiro atoms. The maximum atomic E-state index is 9.59. The largest absolute Gasteiger partial charge is 0.387 e. The monoisotopic (exact) mass is 212 g/mol. The van der Waals surface area contributed by atoms with Gasteiger partial charge in [-0.05, 0) is 16.5 Å². The number of aliphatic hydroxyl groups excluding tert-OH is 1. The number of alkyl halides is 1. The topological polar surface area (TPSA) is 20.2 Å². The van der Waals surface area contributed by atoms with Crippen LogP contribution in [0.2, 0.25) is 0 Å². The fourth-order valence-electron chi connectivity index (χ4n) is 1.30. The second-order valence-electron chi connectivity index (χ2n) is 4.55. The second-order valence-corrected chi connectivity index (χ2v) is 4.85. The summed E-state index contributed by atoms with van der Waals surface area (Å²) in [6.45, 7) is 6.46. The van der Waals surface area contributed by atoms with Crippen molar-refractivity contribution in [2.75, 3.05) is 5.88 Å². The van der Waals surface area contributed by atoms with Crippen molar-refractivity contribution in [2.45, 2.75) is 32.3 Å².